The van der Waals surface area contributed by atoms with Crippen molar-refractivity contribution in [1.82, 2.24) is 20.1 Å². The van der Waals surface area contributed by atoms with Crippen molar-refractivity contribution in [2.24, 2.45) is 5.92 Å². The standard InChI is InChI=1S/C20H21N5O/c1-2-26-20-17(16-5-3-14(10-21)4-6-16)9-19-18(24-20)12-23-25(19)13-15-7-8-22-11-15/h3-6,9,12,15,22H,2,7-8,11,13H2,1H3/t15-/m0/s1. The first-order valence-electron chi connectivity index (χ1n) is 8.99. The summed E-state index contributed by atoms with van der Waals surface area (Å²) in [4.78, 5) is 4.69. The third kappa shape index (κ3) is 3.14. The molecule has 0 radical (unpaired) electrons. The Balaban J connectivity index is 1.77. The molecule has 0 saturated carbocycles. The summed E-state index contributed by atoms with van der Waals surface area (Å²) in [6.07, 6.45) is 2.98. The van der Waals surface area contributed by atoms with Crippen molar-refractivity contribution >= 4 is 11.0 Å². The summed E-state index contributed by atoms with van der Waals surface area (Å²) in [6, 6.07) is 11.8. The molecular weight excluding hydrogens is 326 g/mol. The second-order valence-corrected chi connectivity index (χ2v) is 6.55. The predicted molar refractivity (Wildman–Crippen MR) is 99.8 cm³/mol. The van der Waals surface area contributed by atoms with E-state index in [0.717, 1.165) is 41.8 Å². The Morgan fingerprint density at radius 1 is 1.35 bits per heavy atom. The van der Waals surface area contributed by atoms with Gasteiger partial charge in [-0.15, -0.1) is 0 Å². The van der Waals surface area contributed by atoms with Crippen LogP contribution in [0.5, 0.6) is 5.88 Å². The molecule has 0 bridgehead atoms. The number of nitriles is 1. The van der Waals surface area contributed by atoms with Gasteiger partial charge in [-0.05, 0) is 56.1 Å². The number of pyridine rings is 1. The number of nitrogens with zero attached hydrogens (tertiary/aromatic N) is 4. The van der Waals surface area contributed by atoms with E-state index in [2.05, 4.69) is 22.6 Å². The van der Waals surface area contributed by atoms with Crippen LogP contribution in [0.25, 0.3) is 22.2 Å². The monoisotopic (exact) mass is 347 g/mol. The lowest BCUT2D eigenvalue weighted by atomic mass is 10.0. The average Bonchev–Trinajstić information content (AvgIpc) is 3.32. The minimum absolute atomic E-state index is 0.545. The number of ether oxygens (including phenoxy) is 1. The van der Waals surface area contributed by atoms with E-state index in [4.69, 9.17) is 15.0 Å². The van der Waals surface area contributed by atoms with Crippen LogP contribution in [0.15, 0.2) is 36.5 Å². The van der Waals surface area contributed by atoms with Crippen LogP contribution >= 0.6 is 0 Å². The van der Waals surface area contributed by atoms with Crippen LogP contribution in [0.1, 0.15) is 18.9 Å². The molecule has 6 nitrogen and oxygen atoms in total. The molecule has 26 heavy (non-hydrogen) atoms. The molecule has 4 rings (SSSR count). The molecule has 1 aliphatic rings. The zero-order chi connectivity index (χ0) is 17.9. The van der Waals surface area contributed by atoms with Crippen LogP contribution in [0.3, 0.4) is 0 Å². The van der Waals surface area contributed by atoms with Gasteiger partial charge in [0.25, 0.3) is 0 Å². The molecule has 1 N–H and O–H groups in total. The van der Waals surface area contributed by atoms with E-state index >= 15 is 0 Å². The van der Waals surface area contributed by atoms with Gasteiger partial charge in [0, 0.05) is 12.1 Å². The first kappa shape index (κ1) is 16.6. The van der Waals surface area contributed by atoms with Crippen LogP contribution in [0.4, 0.5) is 0 Å². The fourth-order valence-electron chi connectivity index (χ4n) is 3.43. The smallest absolute Gasteiger partial charge is 0.222 e. The lowest BCUT2D eigenvalue weighted by Crippen LogP contribution is -2.15. The van der Waals surface area contributed by atoms with Crippen LogP contribution < -0.4 is 10.1 Å². The normalized spacial score (nSPS) is 16.7. The van der Waals surface area contributed by atoms with Gasteiger partial charge >= 0.3 is 0 Å². The van der Waals surface area contributed by atoms with E-state index in [1.807, 2.05) is 42.1 Å². The second-order valence-electron chi connectivity index (χ2n) is 6.55. The van der Waals surface area contributed by atoms with Gasteiger partial charge in [0.2, 0.25) is 5.88 Å². The first-order valence-corrected chi connectivity index (χ1v) is 8.99. The SMILES string of the molecule is CCOc1nc2cnn(C[C@H]3CCNC3)c2cc1-c1ccc(C#N)cc1. The van der Waals surface area contributed by atoms with E-state index < -0.39 is 0 Å². The molecule has 6 heteroatoms. The minimum atomic E-state index is 0.545. The third-order valence-electron chi connectivity index (χ3n) is 4.79. The van der Waals surface area contributed by atoms with Gasteiger partial charge in [-0.1, -0.05) is 12.1 Å². The number of fused-ring (bicyclic) bond motifs is 1. The lowest BCUT2D eigenvalue weighted by Gasteiger charge is -2.12. The van der Waals surface area contributed by atoms with Gasteiger partial charge in [-0.25, -0.2) is 4.98 Å². The van der Waals surface area contributed by atoms with E-state index in [-0.39, 0.29) is 0 Å². The third-order valence-corrected chi connectivity index (χ3v) is 4.79. The lowest BCUT2D eigenvalue weighted by molar-refractivity contribution is 0.329. The van der Waals surface area contributed by atoms with Gasteiger partial charge in [0.15, 0.2) is 0 Å². The molecular formula is C20H21N5O. The van der Waals surface area contributed by atoms with Gasteiger partial charge in [0.1, 0.15) is 5.52 Å². The average molecular weight is 347 g/mol. The van der Waals surface area contributed by atoms with Crippen molar-refractivity contribution in [1.29, 1.82) is 5.26 Å². The molecule has 1 atom stereocenters. The summed E-state index contributed by atoms with van der Waals surface area (Å²) in [7, 11) is 0. The molecule has 132 valence electrons. The van der Waals surface area contributed by atoms with Gasteiger partial charge in [-0.2, -0.15) is 10.4 Å². The highest BCUT2D eigenvalue weighted by Crippen LogP contribution is 2.32. The number of hydrogen-bond acceptors (Lipinski definition) is 5. The van der Waals surface area contributed by atoms with Gasteiger partial charge < -0.3 is 10.1 Å². The Labute approximate surface area is 152 Å². The molecule has 3 heterocycles. The molecule has 0 amide bonds. The van der Waals surface area contributed by atoms with Crippen molar-refractivity contribution in [3.05, 3.63) is 42.1 Å². The summed E-state index contributed by atoms with van der Waals surface area (Å²) in [6.45, 7) is 5.50. The van der Waals surface area contributed by atoms with Crippen LogP contribution in [0.2, 0.25) is 0 Å². The zero-order valence-corrected chi connectivity index (χ0v) is 14.8. The molecule has 1 fully saturated rings. The topological polar surface area (TPSA) is 75.8 Å². The molecule has 1 saturated heterocycles. The van der Waals surface area contributed by atoms with E-state index in [1.165, 1.54) is 6.42 Å². The number of benzene rings is 1. The maximum absolute atomic E-state index is 9.02. The van der Waals surface area contributed by atoms with Gasteiger partial charge in [0.05, 0.1) is 30.0 Å². The molecule has 0 unspecified atom stereocenters. The summed E-state index contributed by atoms with van der Waals surface area (Å²) in [5.41, 5.74) is 4.41. The Kier molecular flexibility index (Phi) is 4.55. The molecule has 1 aliphatic heterocycles. The number of rotatable bonds is 5. The number of aromatic nitrogens is 3. The maximum Gasteiger partial charge on any atom is 0.222 e. The van der Waals surface area contributed by atoms with Crippen molar-refractivity contribution < 1.29 is 4.74 Å². The molecule has 2 aromatic heterocycles. The largest absolute Gasteiger partial charge is 0.478 e. The minimum Gasteiger partial charge on any atom is -0.478 e. The highest BCUT2D eigenvalue weighted by molar-refractivity contribution is 5.83. The maximum atomic E-state index is 9.02. The van der Waals surface area contributed by atoms with Crippen LogP contribution in [-0.2, 0) is 6.54 Å². The van der Waals surface area contributed by atoms with Crippen molar-refractivity contribution in [3.63, 3.8) is 0 Å². The van der Waals surface area contributed by atoms with Crippen LogP contribution in [0, 0.1) is 17.2 Å². The summed E-state index contributed by atoms with van der Waals surface area (Å²) in [5, 5.41) is 17.0. The first-order chi connectivity index (χ1) is 12.8. The highest BCUT2D eigenvalue weighted by Gasteiger charge is 2.18. The Bertz CT molecular complexity index is 949. The molecule has 3 aromatic rings. The Morgan fingerprint density at radius 2 is 2.19 bits per heavy atom. The fourth-order valence-corrected chi connectivity index (χ4v) is 3.43. The number of nitrogens with one attached hydrogen (secondary N) is 1. The Hall–Kier alpha value is -2.91. The van der Waals surface area contributed by atoms with E-state index in [1.54, 1.807) is 0 Å². The summed E-state index contributed by atoms with van der Waals surface area (Å²) >= 11 is 0. The second kappa shape index (κ2) is 7.14. The number of hydrogen-bond donors (Lipinski definition) is 1. The fraction of sp³-hybridized carbons (Fsp3) is 0.350. The van der Waals surface area contributed by atoms with E-state index in [9.17, 15) is 0 Å². The molecule has 1 aromatic carbocycles. The van der Waals surface area contributed by atoms with Crippen molar-refractivity contribution in [2.75, 3.05) is 19.7 Å². The predicted octanol–water partition coefficient (Wildman–Crippen LogP) is 2.98. The zero-order valence-electron chi connectivity index (χ0n) is 14.8. The highest BCUT2D eigenvalue weighted by atomic mass is 16.5. The van der Waals surface area contributed by atoms with E-state index in [0.29, 0.717) is 24.0 Å². The molecule has 0 spiro atoms. The Morgan fingerprint density at radius 3 is 2.88 bits per heavy atom. The summed E-state index contributed by atoms with van der Waals surface area (Å²) in [5.74, 6) is 1.20. The van der Waals surface area contributed by atoms with Crippen molar-refractivity contribution in [3.8, 4) is 23.1 Å². The summed E-state index contributed by atoms with van der Waals surface area (Å²) < 4.78 is 7.82. The van der Waals surface area contributed by atoms with Crippen molar-refractivity contribution in [2.45, 2.75) is 19.9 Å². The van der Waals surface area contributed by atoms with Crippen LogP contribution in [-0.4, -0.2) is 34.5 Å². The molecule has 0 aliphatic carbocycles. The quantitative estimate of drug-likeness (QED) is 0.768. The van der Waals surface area contributed by atoms with Gasteiger partial charge in [-0.3, -0.25) is 4.68 Å².